The van der Waals surface area contributed by atoms with Crippen LogP contribution in [0.2, 0.25) is 0 Å². The standard InChI is InChI=1S/C16H24N2O2/c1-3-12(4-2)15-11-14(7-10-20-15)18-16(19)13-5-8-17-9-6-13/h5-6,8-9,12,14-15H,3-4,7,10-11H2,1-2H3,(H,18,19)/t14-,15-/m1/s1. The molecule has 0 radical (unpaired) electrons. The molecule has 1 amide bonds. The molecule has 1 aliphatic rings. The summed E-state index contributed by atoms with van der Waals surface area (Å²) in [5.41, 5.74) is 0.672. The molecule has 110 valence electrons. The summed E-state index contributed by atoms with van der Waals surface area (Å²) in [6, 6.07) is 3.70. The SMILES string of the molecule is CCC(CC)[C@H]1C[C@H](NC(=O)c2ccncc2)CCO1. The van der Waals surface area contributed by atoms with Gasteiger partial charge in [0.1, 0.15) is 0 Å². The molecule has 4 heteroatoms. The molecule has 1 fully saturated rings. The number of carbonyl (C=O) groups excluding carboxylic acids is 1. The van der Waals surface area contributed by atoms with Crippen LogP contribution in [0, 0.1) is 5.92 Å². The Morgan fingerprint density at radius 2 is 2.10 bits per heavy atom. The van der Waals surface area contributed by atoms with Crippen molar-refractivity contribution in [3.05, 3.63) is 30.1 Å². The highest BCUT2D eigenvalue weighted by Crippen LogP contribution is 2.25. The molecule has 4 nitrogen and oxygen atoms in total. The Balaban J connectivity index is 1.91. The maximum atomic E-state index is 12.1. The van der Waals surface area contributed by atoms with Gasteiger partial charge in [-0.05, 0) is 30.9 Å². The van der Waals surface area contributed by atoms with Gasteiger partial charge in [-0.15, -0.1) is 0 Å². The van der Waals surface area contributed by atoms with E-state index in [-0.39, 0.29) is 18.1 Å². The Morgan fingerprint density at radius 3 is 2.75 bits per heavy atom. The highest BCUT2D eigenvalue weighted by molar-refractivity contribution is 5.94. The monoisotopic (exact) mass is 276 g/mol. The molecule has 0 bridgehead atoms. The van der Waals surface area contributed by atoms with Crippen molar-refractivity contribution in [2.75, 3.05) is 6.61 Å². The molecule has 1 aromatic rings. The second-order valence-corrected chi connectivity index (χ2v) is 5.42. The quantitative estimate of drug-likeness (QED) is 0.899. The van der Waals surface area contributed by atoms with Crippen LogP contribution in [0.1, 0.15) is 49.9 Å². The Kier molecular flexibility index (Phi) is 5.53. The van der Waals surface area contributed by atoms with Crippen LogP contribution < -0.4 is 5.32 Å². The Hall–Kier alpha value is -1.42. The van der Waals surface area contributed by atoms with Gasteiger partial charge in [0.25, 0.3) is 5.91 Å². The fourth-order valence-corrected chi connectivity index (χ4v) is 2.87. The second-order valence-electron chi connectivity index (χ2n) is 5.42. The fourth-order valence-electron chi connectivity index (χ4n) is 2.87. The predicted molar refractivity (Wildman–Crippen MR) is 78.5 cm³/mol. The lowest BCUT2D eigenvalue weighted by Crippen LogP contribution is -2.44. The van der Waals surface area contributed by atoms with E-state index in [9.17, 15) is 4.79 Å². The van der Waals surface area contributed by atoms with Crippen molar-refractivity contribution in [2.45, 2.75) is 51.7 Å². The van der Waals surface area contributed by atoms with Crippen molar-refractivity contribution in [3.63, 3.8) is 0 Å². The molecular formula is C16H24N2O2. The first-order chi connectivity index (χ1) is 9.74. The molecule has 0 saturated carbocycles. The van der Waals surface area contributed by atoms with Gasteiger partial charge in [0, 0.05) is 30.6 Å². The zero-order chi connectivity index (χ0) is 14.4. The summed E-state index contributed by atoms with van der Waals surface area (Å²) >= 11 is 0. The highest BCUT2D eigenvalue weighted by atomic mass is 16.5. The van der Waals surface area contributed by atoms with E-state index in [2.05, 4.69) is 24.1 Å². The topological polar surface area (TPSA) is 51.2 Å². The number of nitrogens with one attached hydrogen (secondary N) is 1. The lowest BCUT2D eigenvalue weighted by atomic mass is 9.89. The summed E-state index contributed by atoms with van der Waals surface area (Å²) in [5, 5.41) is 3.12. The lowest BCUT2D eigenvalue weighted by molar-refractivity contribution is -0.0337. The van der Waals surface area contributed by atoms with Crippen LogP contribution in [0.15, 0.2) is 24.5 Å². The van der Waals surface area contributed by atoms with Gasteiger partial charge in [0.15, 0.2) is 0 Å². The number of rotatable bonds is 5. The molecule has 0 unspecified atom stereocenters. The molecule has 2 atom stereocenters. The van der Waals surface area contributed by atoms with Gasteiger partial charge in [-0.2, -0.15) is 0 Å². The van der Waals surface area contributed by atoms with E-state index in [0.717, 1.165) is 32.3 Å². The third kappa shape index (κ3) is 3.79. The van der Waals surface area contributed by atoms with Crippen LogP contribution in [-0.4, -0.2) is 29.6 Å². The van der Waals surface area contributed by atoms with E-state index in [1.54, 1.807) is 24.5 Å². The van der Waals surface area contributed by atoms with E-state index in [0.29, 0.717) is 11.5 Å². The minimum Gasteiger partial charge on any atom is -0.378 e. The maximum Gasteiger partial charge on any atom is 0.251 e. The molecule has 2 rings (SSSR count). The van der Waals surface area contributed by atoms with Gasteiger partial charge in [-0.1, -0.05) is 26.7 Å². The molecule has 20 heavy (non-hydrogen) atoms. The summed E-state index contributed by atoms with van der Waals surface area (Å²) in [6.45, 7) is 5.15. The van der Waals surface area contributed by atoms with Crippen LogP contribution in [0.4, 0.5) is 0 Å². The normalized spacial score (nSPS) is 22.8. The number of amides is 1. The van der Waals surface area contributed by atoms with Crippen LogP contribution >= 0.6 is 0 Å². The van der Waals surface area contributed by atoms with Crippen LogP contribution in [0.5, 0.6) is 0 Å². The summed E-state index contributed by atoms with van der Waals surface area (Å²) in [4.78, 5) is 16.1. The first kappa shape index (κ1) is 15.0. The zero-order valence-corrected chi connectivity index (χ0v) is 12.3. The van der Waals surface area contributed by atoms with Crippen molar-refractivity contribution in [2.24, 2.45) is 5.92 Å². The first-order valence-electron chi connectivity index (χ1n) is 7.57. The van der Waals surface area contributed by atoms with Crippen LogP contribution in [0.25, 0.3) is 0 Å². The number of hydrogen-bond donors (Lipinski definition) is 1. The Morgan fingerprint density at radius 1 is 1.40 bits per heavy atom. The first-order valence-corrected chi connectivity index (χ1v) is 7.57. The van der Waals surface area contributed by atoms with Crippen molar-refractivity contribution < 1.29 is 9.53 Å². The van der Waals surface area contributed by atoms with E-state index in [4.69, 9.17) is 4.74 Å². The molecule has 1 saturated heterocycles. The molecule has 1 aliphatic heterocycles. The molecule has 0 aromatic carbocycles. The third-order valence-electron chi connectivity index (χ3n) is 4.17. The van der Waals surface area contributed by atoms with Gasteiger partial charge < -0.3 is 10.1 Å². The molecule has 0 aliphatic carbocycles. The highest BCUT2D eigenvalue weighted by Gasteiger charge is 2.28. The maximum absolute atomic E-state index is 12.1. The zero-order valence-electron chi connectivity index (χ0n) is 12.3. The molecular weight excluding hydrogens is 252 g/mol. The number of aromatic nitrogens is 1. The molecule has 1 N–H and O–H groups in total. The average Bonchev–Trinajstić information content (AvgIpc) is 2.50. The van der Waals surface area contributed by atoms with Crippen molar-refractivity contribution in [1.82, 2.24) is 10.3 Å². The van der Waals surface area contributed by atoms with Gasteiger partial charge in [0.2, 0.25) is 0 Å². The van der Waals surface area contributed by atoms with Crippen molar-refractivity contribution in [3.8, 4) is 0 Å². The summed E-state index contributed by atoms with van der Waals surface area (Å²) in [5.74, 6) is 0.582. The molecule has 2 heterocycles. The van der Waals surface area contributed by atoms with Crippen LogP contribution in [0.3, 0.4) is 0 Å². The largest absolute Gasteiger partial charge is 0.378 e. The lowest BCUT2D eigenvalue weighted by Gasteiger charge is -2.34. The van der Waals surface area contributed by atoms with Gasteiger partial charge in [-0.25, -0.2) is 0 Å². The van der Waals surface area contributed by atoms with E-state index in [1.165, 1.54) is 0 Å². The minimum absolute atomic E-state index is 0.0115. The predicted octanol–water partition coefficient (Wildman–Crippen LogP) is 2.80. The average molecular weight is 276 g/mol. The van der Waals surface area contributed by atoms with Gasteiger partial charge in [-0.3, -0.25) is 9.78 Å². The minimum atomic E-state index is -0.0115. The second kappa shape index (κ2) is 7.39. The van der Waals surface area contributed by atoms with Crippen LogP contribution in [-0.2, 0) is 4.74 Å². The number of ether oxygens (including phenoxy) is 1. The molecule has 0 spiro atoms. The van der Waals surface area contributed by atoms with Gasteiger partial charge >= 0.3 is 0 Å². The fraction of sp³-hybridized carbons (Fsp3) is 0.625. The summed E-state index contributed by atoms with van der Waals surface area (Å²) in [7, 11) is 0. The smallest absolute Gasteiger partial charge is 0.251 e. The number of nitrogens with zero attached hydrogens (tertiary/aromatic N) is 1. The number of pyridine rings is 1. The number of carbonyl (C=O) groups is 1. The number of hydrogen-bond acceptors (Lipinski definition) is 3. The summed E-state index contributed by atoms with van der Waals surface area (Å²) < 4.78 is 5.88. The van der Waals surface area contributed by atoms with E-state index >= 15 is 0 Å². The Bertz CT molecular complexity index is 418. The van der Waals surface area contributed by atoms with E-state index in [1.807, 2.05) is 0 Å². The van der Waals surface area contributed by atoms with E-state index < -0.39 is 0 Å². The van der Waals surface area contributed by atoms with Crippen molar-refractivity contribution in [1.29, 1.82) is 0 Å². The summed E-state index contributed by atoms with van der Waals surface area (Å²) in [6.07, 6.45) is 7.65. The molecule has 1 aromatic heterocycles. The third-order valence-corrected chi connectivity index (χ3v) is 4.17. The van der Waals surface area contributed by atoms with Gasteiger partial charge in [0.05, 0.1) is 6.10 Å². The Labute approximate surface area is 120 Å². The van der Waals surface area contributed by atoms with Crippen molar-refractivity contribution >= 4 is 5.91 Å².